The highest BCUT2D eigenvalue weighted by Gasteiger charge is 2.10. The van der Waals surface area contributed by atoms with Crippen LogP contribution in [-0.4, -0.2) is 12.1 Å². The fourth-order valence-electron chi connectivity index (χ4n) is 1.38. The largest absolute Gasteiger partial charge is 0.497 e. The first-order valence-corrected chi connectivity index (χ1v) is 4.15. The number of benzene rings is 1. The summed E-state index contributed by atoms with van der Waals surface area (Å²) in [6, 6.07) is 6.61. The minimum absolute atomic E-state index is 0.0618. The molecule has 74 valence electrons. The van der Waals surface area contributed by atoms with E-state index in [1.54, 1.807) is 25.3 Å². The number of rotatable bonds is 2. The van der Waals surface area contributed by atoms with Crippen LogP contribution in [0.2, 0.25) is 0 Å². The lowest BCUT2D eigenvalue weighted by atomic mass is 10.2. The third-order valence-electron chi connectivity index (χ3n) is 2.08. The van der Waals surface area contributed by atoms with Gasteiger partial charge in [0.05, 0.1) is 12.8 Å². The van der Waals surface area contributed by atoms with Crippen molar-refractivity contribution in [3.8, 4) is 5.75 Å². The third kappa shape index (κ3) is 1.43. The molecule has 14 heavy (non-hydrogen) atoms. The molecular formula is C10H9F2NO. The molecular weight excluding hydrogens is 188 g/mol. The number of fused-ring (bicyclic) bond motifs is 1. The van der Waals surface area contributed by atoms with Crippen molar-refractivity contribution in [3.05, 3.63) is 30.0 Å². The molecule has 0 atom stereocenters. The molecule has 0 aliphatic carbocycles. The van der Waals surface area contributed by atoms with E-state index in [0.29, 0.717) is 11.3 Å². The topological polar surface area (TPSA) is 25.0 Å². The number of aromatic nitrogens is 1. The maximum atomic E-state index is 12.3. The summed E-state index contributed by atoms with van der Waals surface area (Å²) in [7, 11) is 1.54. The summed E-state index contributed by atoms with van der Waals surface area (Å²) in [5.41, 5.74) is 0.634. The Bertz CT molecular complexity index is 450. The summed E-state index contributed by atoms with van der Waals surface area (Å²) in [5, 5.41) is 0.736. The van der Waals surface area contributed by atoms with Gasteiger partial charge in [0.15, 0.2) is 0 Å². The van der Waals surface area contributed by atoms with Crippen molar-refractivity contribution < 1.29 is 13.5 Å². The fraction of sp³-hybridized carbons (Fsp3) is 0.200. The highest BCUT2D eigenvalue weighted by molar-refractivity contribution is 5.81. The number of methoxy groups -OCH3 is 1. The average Bonchev–Trinajstić information content (AvgIpc) is 2.59. The Kier molecular flexibility index (Phi) is 2.11. The van der Waals surface area contributed by atoms with E-state index in [9.17, 15) is 8.78 Å². The minimum Gasteiger partial charge on any atom is -0.497 e. The van der Waals surface area contributed by atoms with Crippen LogP contribution in [0.4, 0.5) is 8.78 Å². The molecule has 0 radical (unpaired) electrons. The molecule has 0 aliphatic heterocycles. The lowest BCUT2D eigenvalue weighted by Crippen LogP contribution is -1.81. The molecule has 1 N–H and O–H groups in total. The Balaban J connectivity index is 2.54. The van der Waals surface area contributed by atoms with Gasteiger partial charge in [-0.1, -0.05) is 0 Å². The van der Waals surface area contributed by atoms with Crippen LogP contribution in [0.25, 0.3) is 10.9 Å². The van der Waals surface area contributed by atoms with E-state index < -0.39 is 6.43 Å². The number of hydrogen-bond acceptors (Lipinski definition) is 1. The second kappa shape index (κ2) is 3.29. The first-order chi connectivity index (χ1) is 6.70. The Morgan fingerprint density at radius 1 is 1.29 bits per heavy atom. The number of nitrogens with one attached hydrogen (secondary N) is 1. The van der Waals surface area contributed by atoms with Gasteiger partial charge >= 0.3 is 0 Å². The first kappa shape index (κ1) is 8.99. The third-order valence-corrected chi connectivity index (χ3v) is 2.08. The van der Waals surface area contributed by atoms with Crippen molar-refractivity contribution >= 4 is 10.9 Å². The molecule has 1 aromatic carbocycles. The number of ether oxygens (including phenoxy) is 1. The zero-order valence-corrected chi connectivity index (χ0v) is 7.55. The number of H-pyrrole nitrogens is 1. The second-order valence-corrected chi connectivity index (χ2v) is 2.98. The van der Waals surface area contributed by atoms with Gasteiger partial charge in [-0.3, -0.25) is 0 Å². The van der Waals surface area contributed by atoms with Crippen LogP contribution in [0.3, 0.4) is 0 Å². The van der Waals surface area contributed by atoms with Crippen molar-refractivity contribution in [1.29, 1.82) is 0 Å². The van der Waals surface area contributed by atoms with Gasteiger partial charge in [0.1, 0.15) is 5.75 Å². The number of hydrogen-bond donors (Lipinski definition) is 1. The van der Waals surface area contributed by atoms with Crippen LogP contribution < -0.4 is 4.74 Å². The van der Waals surface area contributed by atoms with Gasteiger partial charge < -0.3 is 9.72 Å². The maximum Gasteiger partial charge on any atom is 0.278 e. The average molecular weight is 197 g/mol. The maximum absolute atomic E-state index is 12.3. The molecule has 0 saturated carbocycles. The Hall–Kier alpha value is -1.58. The normalized spacial score (nSPS) is 11.1. The van der Waals surface area contributed by atoms with Crippen LogP contribution in [0.15, 0.2) is 24.3 Å². The van der Waals surface area contributed by atoms with Gasteiger partial charge in [-0.2, -0.15) is 0 Å². The zero-order chi connectivity index (χ0) is 10.1. The van der Waals surface area contributed by atoms with Crippen molar-refractivity contribution in [2.24, 2.45) is 0 Å². The van der Waals surface area contributed by atoms with E-state index in [2.05, 4.69) is 4.98 Å². The highest BCUT2D eigenvalue weighted by atomic mass is 19.3. The van der Waals surface area contributed by atoms with Crippen molar-refractivity contribution in [1.82, 2.24) is 4.98 Å². The predicted octanol–water partition coefficient (Wildman–Crippen LogP) is 3.11. The van der Waals surface area contributed by atoms with E-state index >= 15 is 0 Å². The molecule has 2 aromatic rings. The first-order valence-electron chi connectivity index (χ1n) is 4.15. The van der Waals surface area contributed by atoms with E-state index in [0.717, 1.165) is 5.39 Å². The molecule has 0 aliphatic rings. The van der Waals surface area contributed by atoms with Gasteiger partial charge in [-0.15, -0.1) is 0 Å². The van der Waals surface area contributed by atoms with Gasteiger partial charge in [-0.05, 0) is 24.3 Å². The van der Waals surface area contributed by atoms with E-state index in [-0.39, 0.29) is 5.69 Å². The van der Waals surface area contributed by atoms with Crippen LogP contribution in [0.5, 0.6) is 5.75 Å². The Morgan fingerprint density at radius 2 is 2.07 bits per heavy atom. The molecule has 2 nitrogen and oxygen atoms in total. The lowest BCUT2D eigenvalue weighted by molar-refractivity contribution is 0.147. The number of halogens is 2. The van der Waals surface area contributed by atoms with Crippen LogP contribution >= 0.6 is 0 Å². The smallest absolute Gasteiger partial charge is 0.278 e. The number of alkyl halides is 2. The number of aromatic amines is 1. The second-order valence-electron chi connectivity index (χ2n) is 2.98. The van der Waals surface area contributed by atoms with Crippen LogP contribution in [0, 0.1) is 0 Å². The molecule has 1 aromatic heterocycles. The van der Waals surface area contributed by atoms with Crippen LogP contribution in [0.1, 0.15) is 12.1 Å². The SMILES string of the molecule is COc1ccc2[nH]c(C(F)F)cc2c1. The quantitative estimate of drug-likeness (QED) is 0.786. The fourth-order valence-corrected chi connectivity index (χ4v) is 1.38. The molecule has 0 fully saturated rings. The van der Waals surface area contributed by atoms with Crippen molar-refractivity contribution in [2.45, 2.75) is 6.43 Å². The van der Waals surface area contributed by atoms with Gasteiger partial charge in [-0.25, -0.2) is 8.78 Å². The summed E-state index contributed by atoms with van der Waals surface area (Å²) in [5.74, 6) is 0.664. The van der Waals surface area contributed by atoms with E-state index in [4.69, 9.17) is 4.74 Å². The monoisotopic (exact) mass is 197 g/mol. The summed E-state index contributed by atoms with van der Waals surface area (Å²) in [6.07, 6.45) is -2.46. The van der Waals surface area contributed by atoms with E-state index in [1.807, 2.05) is 0 Å². The molecule has 0 unspecified atom stereocenters. The summed E-state index contributed by atoms with van der Waals surface area (Å²) in [4.78, 5) is 2.64. The van der Waals surface area contributed by atoms with Crippen molar-refractivity contribution in [3.63, 3.8) is 0 Å². The molecule has 2 rings (SSSR count). The minimum atomic E-state index is -2.46. The molecule has 0 spiro atoms. The predicted molar refractivity (Wildman–Crippen MR) is 49.8 cm³/mol. The molecule has 0 saturated heterocycles. The van der Waals surface area contributed by atoms with E-state index in [1.165, 1.54) is 6.07 Å². The Labute approximate surface area is 79.5 Å². The zero-order valence-electron chi connectivity index (χ0n) is 7.55. The molecule has 1 heterocycles. The van der Waals surface area contributed by atoms with Crippen LogP contribution in [-0.2, 0) is 0 Å². The standard InChI is InChI=1S/C10H9F2NO/c1-14-7-2-3-8-6(4-7)5-9(13-8)10(11)12/h2-5,10,13H,1H3. The molecule has 4 heteroatoms. The summed E-state index contributed by atoms with van der Waals surface area (Å²) >= 11 is 0. The molecule has 0 bridgehead atoms. The lowest BCUT2D eigenvalue weighted by Gasteiger charge is -1.97. The van der Waals surface area contributed by atoms with Gasteiger partial charge in [0.2, 0.25) is 0 Å². The molecule has 0 amide bonds. The highest BCUT2D eigenvalue weighted by Crippen LogP contribution is 2.26. The Morgan fingerprint density at radius 3 is 2.71 bits per heavy atom. The van der Waals surface area contributed by atoms with Gasteiger partial charge in [0.25, 0.3) is 6.43 Å². The van der Waals surface area contributed by atoms with Gasteiger partial charge in [0, 0.05) is 10.9 Å². The van der Waals surface area contributed by atoms with Crippen molar-refractivity contribution in [2.75, 3.05) is 7.11 Å². The summed E-state index contributed by atoms with van der Waals surface area (Å²) in [6.45, 7) is 0. The summed E-state index contributed by atoms with van der Waals surface area (Å²) < 4.78 is 29.6.